The van der Waals surface area contributed by atoms with Gasteiger partial charge in [0.05, 0.1) is 6.61 Å². The predicted octanol–water partition coefficient (Wildman–Crippen LogP) is 3.32. The molecule has 1 unspecified atom stereocenters. The van der Waals surface area contributed by atoms with Gasteiger partial charge in [0.2, 0.25) is 0 Å². The summed E-state index contributed by atoms with van der Waals surface area (Å²) >= 11 is 3.43. The van der Waals surface area contributed by atoms with Gasteiger partial charge in [-0.15, -0.1) is 0 Å². The summed E-state index contributed by atoms with van der Waals surface area (Å²) in [7, 11) is 0. The maximum Gasteiger partial charge on any atom is 0.150 e. The lowest BCUT2D eigenvalue weighted by atomic mass is 10.1. The van der Waals surface area contributed by atoms with E-state index < -0.39 is 0 Å². The number of rotatable bonds is 9. The number of hydrogen-bond acceptors (Lipinski definition) is 3. The second-order valence-electron chi connectivity index (χ2n) is 4.20. The van der Waals surface area contributed by atoms with E-state index in [1.54, 1.807) is 24.3 Å². The number of ether oxygens (including phenoxy) is 2. The van der Waals surface area contributed by atoms with Crippen molar-refractivity contribution in [1.29, 1.82) is 0 Å². The van der Waals surface area contributed by atoms with Crippen LogP contribution in [0.4, 0.5) is 0 Å². The van der Waals surface area contributed by atoms with Crippen molar-refractivity contribution in [3.05, 3.63) is 29.8 Å². The highest BCUT2D eigenvalue weighted by molar-refractivity contribution is 9.09. The summed E-state index contributed by atoms with van der Waals surface area (Å²) in [6.45, 7) is 4.07. The van der Waals surface area contributed by atoms with Gasteiger partial charge < -0.3 is 9.47 Å². The van der Waals surface area contributed by atoms with Crippen LogP contribution in [-0.2, 0) is 4.74 Å². The van der Waals surface area contributed by atoms with E-state index in [1.165, 1.54) is 0 Å². The van der Waals surface area contributed by atoms with E-state index in [2.05, 4.69) is 22.9 Å². The van der Waals surface area contributed by atoms with E-state index in [4.69, 9.17) is 9.47 Å². The molecule has 0 fully saturated rings. The molecule has 0 bridgehead atoms. The number of alkyl halides is 1. The number of aldehydes is 1. The van der Waals surface area contributed by atoms with E-state index in [0.717, 1.165) is 30.4 Å². The maximum absolute atomic E-state index is 10.5. The van der Waals surface area contributed by atoms with Crippen molar-refractivity contribution in [1.82, 2.24) is 0 Å². The van der Waals surface area contributed by atoms with Crippen molar-refractivity contribution in [2.45, 2.75) is 13.3 Å². The van der Waals surface area contributed by atoms with Crippen molar-refractivity contribution in [3.63, 3.8) is 0 Å². The zero-order chi connectivity index (χ0) is 13.2. The predicted molar refractivity (Wildman–Crippen MR) is 75.7 cm³/mol. The third-order valence-corrected chi connectivity index (χ3v) is 3.64. The minimum Gasteiger partial charge on any atom is -0.491 e. The molecule has 0 saturated heterocycles. The molecule has 100 valence electrons. The van der Waals surface area contributed by atoms with Crippen LogP contribution < -0.4 is 4.74 Å². The largest absolute Gasteiger partial charge is 0.491 e. The van der Waals surface area contributed by atoms with Crippen LogP contribution in [0.15, 0.2) is 24.3 Å². The molecule has 1 rings (SSSR count). The molecule has 0 amide bonds. The summed E-state index contributed by atoms with van der Waals surface area (Å²) in [5.74, 6) is 1.40. The molecule has 0 saturated carbocycles. The standard InChI is InChI=1S/C14H19BrO3/c1-12(10-15)6-7-17-8-9-18-14-4-2-13(11-16)3-5-14/h2-5,11-12H,6-10H2,1H3. The first kappa shape index (κ1) is 15.2. The van der Waals surface area contributed by atoms with Gasteiger partial charge in [-0.25, -0.2) is 0 Å². The lowest BCUT2D eigenvalue weighted by molar-refractivity contribution is 0.0929. The minimum absolute atomic E-state index is 0.531. The Bertz CT molecular complexity index is 337. The van der Waals surface area contributed by atoms with Gasteiger partial charge >= 0.3 is 0 Å². The van der Waals surface area contributed by atoms with E-state index in [1.807, 2.05) is 0 Å². The Hall–Kier alpha value is -0.870. The van der Waals surface area contributed by atoms with Crippen LogP contribution in [0, 0.1) is 5.92 Å². The quantitative estimate of drug-likeness (QED) is 0.398. The molecule has 1 aromatic rings. The Kier molecular flexibility index (Phi) is 7.69. The number of halogens is 1. The maximum atomic E-state index is 10.5. The van der Waals surface area contributed by atoms with Crippen molar-refractivity contribution < 1.29 is 14.3 Å². The first-order valence-electron chi connectivity index (χ1n) is 6.08. The fourth-order valence-corrected chi connectivity index (χ4v) is 1.65. The number of benzene rings is 1. The Morgan fingerprint density at radius 2 is 1.94 bits per heavy atom. The molecule has 3 nitrogen and oxygen atoms in total. The summed E-state index contributed by atoms with van der Waals surface area (Å²) in [6, 6.07) is 7.05. The molecule has 0 spiro atoms. The van der Waals surface area contributed by atoms with Gasteiger partial charge in [-0.2, -0.15) is 0 Å². The van der Waals surface area contributed by atoms with E-state index >= 15 is 0 Å². The summed E-state index contributed by atoms with van der Waals surface area (Å²) in [5.41, 5.74) is 0.655. The normalized spacial score (nSPS) is 12.1. The fourth-order valence-electron chi connectivity index (χ4n) is 1.32. The van der Waals surface area contributed by atoms with Crippen molar-refractivity contribution in [3.8, 4) is 5.75 Å². The summed E-state index contributed by atoms with van der Waals surface area (Å²) < 4.78 is 11.0. The first-order valence-corrected chi connectivity index (χ1v) is 7.20. The number of carbonyl (C=O) groups is 1. The fraction of sp³-hybridized carbons (Fsp3) is 0.500. The van der Waals surface area contributed by atoms with Crippen LogP contribution in [0.1, 0.15) is 23.7 Å². The highest BCUT2D eigenvalue weighted by Gasteiger charge is 1.99. The minimum atomic E-state index is 0.531. The molecule has 1 atom stereocenters. The molecular weight excluding hydrogens is 296 g/mol. The Labute approximate surface area is 117 Å². The molecule has 0 aliphatic heterocycles. The average molecular weight is 315 g/mol. The molecule has 0 heterocycles. The molecule has 0 aliphatic rings. The second kappa shape index (κ2) is 9.11. The van der Waals surface area contributed by atoms with Gasteiger partial charge in [0, 0.05) is 17.5 Å². The van der Waals surface area contributed by atoms with Gasteiger partial charge in [-0.05, 0) is 36.6 Å². The highest BCUT2D eigenvalue weighted by atomic mass is 79.9. The molecular formula is C14H19BrO3. The molecule has 0 radical (unpaired) electrons. The van der Waals surface area contributed by atoms with Gasteiger partial charge in [0.1, 0.15) is 18.6 Å². The van der Waals surface area contributed by atoms with E-state index in [9.17, 15) is 4.79 Å². The SMILES string of the molecule is CC(CBr)CCOCCOc1ccc(C=O)cc1. The number of carbonyl (C=O) groups excluding carboxylic acids is 1. The van der Waals surface area contributed by atoms with Crippen molar-refractivity contribution in [2.24, 2.45) is 5.92 Å². The second-order valence-corrected chi connectivity index (χ2v) is 4.84. The van der Waals surface area contributed by atoms with Crippen LogP contribution in [0.3, 0.4) is 0 Å². The monoisotopic (exact) mass is 314 g/mol. The summed E-state index contributed by atoms with van der Waals surface area (Å²) in [5, 5.41) is 1.01. The van der Waals surface area contributed by atoms with Gasteiger partial charge in [0.15, 0.2) is 0 Å². The highest BCUT2D eigenvalue weighted by Crippen LogP contribution is 2.11. The Morgan fingerprint density at radius 1 is 1.22 bits per heavy atom. The van der Waals surface area contributed by atoms with Crippen molar-refractivity contribution >= 4 is 22.2 Å². The van der Waals surface area contributed by atoms with Gasteiger partial charge in [-0.1, -0.05) is 22.9 Å². The average Bonchev–Trinajstić information content (AvgIpc) is 2.43. The smallest absolute Gasteiger partial charge is 0.150 e. The molecule has 4 heteroatoms. The topological polar surface area (TPSA) is 35.5 Å². The Balaban J connectivity index is 2.08. The van der Waals surface area contributed by atoms with Crippen LogP contribution in [0.25, 0.3) is 0 Å². The van der Waals surface area contributed by atoms with Crippen LogP contribution >= 0.6 is 15.9 Å². The first-order chi connectivity index (χ1) is 8.76. The zero-order valence-electron chi connectivity index (χ0n) is 10.6. The van der Waals surface area contributed by atoms with E-state index in [0.29, 0.717) is 24.7 Å². The molecule has 18 heavy (non-hydrogen) atoms. The molecule has 0 aliphatic carbocycles. The lowest BCUT2D eigenvalue weighted by Crippen LogP contribution is -2.09. The van der Waals surface area contributed by atoms with Gasteiger partial charge in [0.25, 0.3) is 0 Å². The summed E-state index contributed by atoms with van der Waals surface area (Å²) in [4.78, 5) is 10.5. The summed E-state index contributed by atoms with van der Waals surface area (Å²) in [6.07, 6.45) is 1.87. The van der Waals surface area contributed by atoms with Crippen LogP contribution in [0.5, 0.6) is 5.75 Å². The Morgan fingerprint density at radius 3 is 2.56 bits per heavy atom. The molecule has 1 aromatic carbocycles. The lowest BCUT2D eigenvalue weighted by Gasteiger charge is -2.09. The van der Waals surface area contributed by atoms with Gasteiger partial charge in [-0.3, -0.25) is 4.79 Å². The zero-order valence-corrected chi connectivity index (χ0v) is 12.2. The van der Waals surface area contributed by atoms with Crippen molar-refractivity contribution in [2.75, 3.05) is 25.2 Å². The molecule has 0 N–H and O–H groups in total. The third-order valence-electron chi connectivity index (χ3n) is 2.53. The van der Waals surface area contributed by atoms with E-state index in [-0.39, 0.29) is 0 Å². The third kappa shape index (κ3) is 6.17. The van der Waals surface area contributed by atoms with Crippen LogP contribution in [0.2, 0.25) is 0 Å². The molecule has 0 aromatic heterocycles. The number of hydrogen-bond donors (Lipinski definition) is 0. The van der Waals surface area contributed by atoms with Crippen LogP contribution in [-0.4, -0.2) is 31.4 Å².